The highest BCUT2D eigenvalue weighted by molar-refractivity contribution is 5.98. The fourth-order valence-electron chi connectivity index (χ4n) is 2.77. The quantitative estimate of drug-likeness (QED) is 0.885. The summed E-state index contributed by atoms with van der Waals surface area (Å²) in [4.78, 5) is 26.0. The first kappa shape index (κ1) is 16.1. The Bertz CT molecular complexity index is 674. The molecule has 6 heteroatoms. The van der Waals surface area contributed by atoms with Crippen molar-refractivity contribution < 1.29 is 14.0 Å². The maximum atomic E-state index is 11.9. The number of rotatable bonds is 5. The van der Waals surface area contributed by atoms with E-state index < -0.39 is 5.91 Å². The minimum atomic E-state index is -0.407. The highest BCUT2D eigenvalue weighted by atomic mass is 16.3. The van der Waals surface area contributed by atoms with Crippen molar-refractivity contribution in [2.45, 2.75) is 19.3 Å². The summed E-state index contributed by atoms with van der Waals surface area (Å²) in [5, 5.41) is 5.29. The average Bonchev–Trinajstić information content (AvgIpc) is 3.16. The summed E-state index contributed by atoms with van der Waals surface area (Å²) in [6.45, 7) is 2.07. The first-order valence-corrected chi connectivity index (χ1v) is 8.19. The number of anilines is 2. The largest absolute Gasteiger partial charge is 0.459 e. The van der Waals surface area contributed by atoms with Crippen LogP contribution in [0, 0.1) is 0 Å². The van der Waals surface area contributed by atoms with Crippen molar-refractivity contribution in [2.24, 2.45) is 0 Å². The first-order chi connectivity index (χ1) is 11.7. The Labute approximate surface area is 140 Å². The van der Waals surface area contributed by atoms with E-state index in [1.807, 2.05) is 24.3 Å². The van der Waals surface area contributed by atoms with Crippen molar-refractivity contribution in [3.05, 3.63) is 48.4 Å². The van der Waals surface area contributed by atoms with Crippen LogP contribution in [0.4, 0.5) is 11.4 Å². The van der Waals surface area contributed by atoms with Gasteiger partial charge < -0.3 is 20.0 Å². The van der Waals surface area contributed by atoms with Crippen LogP contribution >= 0.6 is 0 Å². The Kier molecular flexibility index (Phi) is 5.15. The van der Waals surface area contributed by atoms with Gasteiger partial charge in [-0.3, -0.25) is 9.59 Å². The predicted octanol–water partition coefficient (Wildman–Crippen LogP) is 2.64. The van der Waals surface area contributed by atoms with Gasteiger partial charge in [0.05, 0.1) is 12.8 Å². The van der Waals surface area contributed by atoms with Crippen LogP contribution in [-0.2, 0) is 4.79 Å². The average molecular weight is 327 g/mol. The zero-order valence-corrected chi connectivity index (χ0v) is 13.5. The molecule has 24 heavy (non-hydrogen) atoms. The second-order valence-electron chi connectivity index (χ2n) is 5.80. The molecule has 0 bridgehead atoms. The number of nitrogens with one attached hydrogen (secondary N) is 2. The molecule has 1 aromatic carbocycles. The van der Waals surface area contributed by atoms with E-state index in [-0.39, 0.29) is 18.2 Å². The first-order valence-electron chi connectivity index (χ1n) is 8.19. The smallest absolute Gasteiger partial charge is 0.287 e. The van der Waals surface area contributed by atoms with Gasteiger partial charge >= 0.3 is 0 Å². The van der Waals surface area contributed by atoms with Crippen LogP contribution in [0.25, 0.3) is 0 Å². The zero-order valence-electron chi connectivity index (χ0n) is 13.5. The molecule has 6 nitrogen and oxygen atoms in total. The van der Waals surface area contributed by atoms with Gasteiger partial charge in [0.25, 0.3) is 5.91 Å². The third-order valence-corrected chi connectivity index (χ3v) is 4.03. The molecule has 1 saturated heterocycles. The van der Waals surface area contributed by atoms with E-state index >= 15 is 0 Å². The van der Waals surface area contributed by atoms with Crippen LogP contribution in [0.5, 0.6) is 0 Å². The van der Waals surface area contributed by atoms with Crippen LogP contribution in [0.1, 0.15) is 29.8 Å². The number of carbonyl (C=O) groups excluding carboxylic acids is 2. The summed E-state index contributed by atoms with van der Waals surface area (Å²) in [6.07, 6.45) is 5.18. The van der Waals surface area contributed by atoms with Crippen LogP contribution in [0.15, 0.2) is 47.1 Å². The van der Waals surface area contributed by atoms with Crippen LogP contribution in [0.3, 0.4) is 0 Å². The highest BCUT2D eigenvalue weighted by Crippen LogP contribution is 2.21. The lowest BCUT2D eigenvalue weighted by molar-refractivity contribution is -0.115. The molecule has 2 heterocycles. The summed E-state index contributed by atoms with van der Waals surface area (Å²) in [5.74, 6) is -0.495. The van der Waals surface area contributed by atoms with Crippen molar-refractivity contribution >= 4 is 23.2 Å². The highest BCUT2D eigenvalue weighted by Gasteiger charge is 2.12. The number of benzene rings is 1. The second-order valence-corrected chi connectivity index (χ2v) is 5.80. The minimum absolute atomic E-state index is 0.104. The molecule has 0 radical (unpaired) electrons. The molecule has 1 fully saturated rings. The van der Waals surface area contributed by atoms with Crippen molar-refractivity contribution in [2.75, 3.05) is 29.9 Å². The SMILES string of the molecule is O=C(CNC(=O)c1ccco1)Nc1ccc(N2CCCCC2)cc1. The molecule has 0 unspecified atom stereocenters. The molecule has 126 valence electrons. The van der Waals surface area contributed by atoms with E-state index in [1.54, 1.807) is 12.1 Å². The van der Waals surface area contributed by atoms with Crippen LogP contribution < -0.4 is 15.5 Å². The lowest BCUT2D eigenvalue weighted by atomic mass is 10.1. The second kappa shape index (κ2) is 7.68. The molecule has 1 aromatic heterocycles. The number of amides is 2. The minimum Gasteiger partial charge on any atom is -0.459 e. The molecule has 1 aliphatic heterocycles. The topological polar surface area (TPSA) is 74.6 Å². The molecule has 0 atom stereocenters. The van der Waals surface area contributed by atoms with Crippen molar-refractivity contribution in [3.8, 4) is 0 Å². The zero-order chi connectivity index (χ0) is 16.8. The van der Waals surface area contributed by atoms with Gasteiger partial charge in [-0.2, -0.15) is 0 Å². The van der Waals surface area contributed by atoms with Gasteiger partial charge in [-0.25, -0.2) is 0 Å². The monoisotopic (exact) mass is 327 g/mol. The van der Waals surface area contributed by atoms with Gasteiger partial charge in [-0.15, -0.1) is 0 Å². The number of piperidine rings is 1. The van der Waals surface area contributed by atoms with Gasteiger partial charge in [0.15, 0.2) is 5.76 Å². The molecule has 2 amide bonds. The van der Waals surface area contributed by atoms with Crippen molar-refractivity contribution in [1.29, 1.82) is 0 Å². The van der Waals surface area contributed by atoms with E-state index in [1.165, 1.54) is 31.2 Å². The fraction of sp³-hybridized carbons (Fsp3) is 0.333. The molecule has 2 aromatic rings. The van der Waals surface area contributed by atoms with E-state index in [0.29, 0.717) is 5.69 Å². The lowest BCUT2D eigenvalue weighted by Gasteiger charge is -2.28. The maximum absolute atomic E-state index is 11.9. The standard InChI is InChI=1S/C18H21N3O3/c22-17(13-19-18(23)16-5-4-12-24-16)20-14-6-8-15(9-7-14)21-10-2-1-3-11-21/h4-9,12H,1-3,10-11,13H2,(H,19,23)(H,20,22). The third kappa shape index (κ3) is 4.16. The predicted molar refractivity (Wildman–Crippen MR) is 92.2 cm³/mol. The molecule has 2 N–H and O–H groups in total. The van der Waals surface area contributed by atoms with Crippen LogP contribution in [-0.4, -0.2) is 31.4 Å². The Morgan fingerprint density at radius 2 is 1.79 bits per heavy atom. The number of nitrogens with zero attached hydrogens (tertiary/aromatic N) is 1. The summed E-state index contributed by atoms with van der Waals surface area (Å²) in [6, 6.07) is 11.0. The van der Waals surface area contributed by atoms with Crippen molar-refractivity contribution in [3.63, 3.8) is 0 Å². The molecular formula is C18H21N3O3. The van der Waals surface area contributed by atoms with E-state index in [2.05, 4.69) is 15.5 Å². The summed E-state index contributed by atoms with van der Waals surface area (Å²) < 4.78 is 4.97. The third-order valence-electron chi connectivity index (χ3n) is 4.03. The molecule has 0 aliphatic carbocycles. The summed E-state index contributed by atoms with van der Waals surface area (Å²) in [7, 11) is 0. The number of carbonyl (C=O) groups is 2. The molecular weight excluding hydrogens is 306 g/mol. The van der Waals surface area contributed by atoms with Gasteiger partial charge in [-0.1, -0.05) is 0 Å². The van der Waals surface area contributed by atoms with E-state index in [0.717, 1.165) is 13.1 Å². The summed E-state index contributed by atoms with van der Waals surface area (Å²) >= 11 is 0. The fourth-order valence-corrected chi connectivity index (χ4v) is 2.77. The summed E-state index contributed by atoms with van der Waals surface area (Å²) in [5.41, 5.74) is 1.90. The maximum Gasteiger partial charge on any atom is 0.287 e. The molecule has 3 rings (SSSR count). The Balaban J connectivity index is 1.48. The Hall–Kier alpha value is -2.76. The normalized spacial score (nSPS) is 14.2. The van der Waals surface area contributed by atoms with Gasteiger partial charge in [-0.05, 0) is 55.7 Å². The van der Waals surface area contributed by atoms with Gasteiger partial charge in [0, 0.05) is 24.5 Å². The molecule has 0 saturated carbocycles. The Morgan fingerprint density at radius 3 is 2.46 bits per heavy atom. The lowest BCUT2D eigenvalue weighted by Crippen LogP contribution is -2.32. The van der Waals surface area contributed by atoms with Crippen molar-refractivity contribution in [1.82, 2.24) is 5.32 Å². The Morgan fingerprint density at radius 1 is 1.04 bits per heavy atom. The number of hydrogen-bond donors (Lipinski definition) is 2. The van der Waals surface area contributed by atoms with Gasteiger partial charge in [0.1, 0.15) is 0 Å². The number of hydrogen-bond acceptors (Lipinski definition) is 4. The molecule has 1 aliphatic rings. The molecule has 0 spiro atoms. The van der Waals surface area contributed by atoms with E-state index in [9.17, 15) is 9.59 Å². The number of furan rings is 1. The van der Waals surface area contributed by atoms with Gasteiger partial charge in [0.2, 0.25) is 5.91 Å². The van der Waals surface area contributed by atoms with Crippen LogP contribution in [0.2, 0.25) is 0 Å². The van der Waals surface area contributed by atoms with E-state index in [4.69, 9.17) is 4.42 Å².